The number of hydrogen-bond acceptors (Lipinski definition) is 2. The van der Waals surface area contributed by atoms with E-state index in [4.69, 9.17) is 4.74 Å². The molecular formula is C13H16N2O2. The van der Waals surface area contributed by atoms with Gasteiger partial charge in [0.05, 0.1) is 13.2 Å². The third-order valence-corrected chi connectivity index (χ3v) is 2.83. The summed E-state index contributed by atoms with van der Waals surface area (Å²) in [5.74, 6) is 0.823. The third-order valence-electron chi connectivity index (χ3n) is 2.83. The normalized spacial score (nSPS) is 19.0. The van der Waals surface area contributed by atoms with Crippen molar-refractivity contribution in [2.75, 3.05) is 13.7 Å². The topological polar surface area (TPSA) is 41.6 Å². The van der Waals surface area contributed by atoms with E-state index in [1.165, 1.54) is 0 Å². The van der Waals surface area contributed by atoms with Gasteiger partial charge in [-0.25, -0.2) is 4.79 Å². The molecule has 0 radical (unpaired) electrons. The Morgan fingerprint density at radius 1 is 1.53 bits per heavy atom. The number of nitrogens with one attached hydrogen (secondary N) is 1. The maximum atomic E-state index is 11.6. The van der Waals surface area contributed by atoms with Crippen LogP contribution in [0.1, 0.15) is 5.56 Å². The van der Waals surface area contributed by atoms with E-state index in [1.54, 1.807) is 18.1 Å². The number of carbonyl (C=O) groups excluding carboxylic acids is 1. The van der Waals surface area contributed by atoms with Crippen molar-refractivity contribution in [3.05, 3.63) is 42.5 Å². The molecule has 0 spiro atoms. The van der Waals surface area contributed by atoms with E-state index in [1.807, 2.05) is 24.3 Å². The lowest BCUT2D eigenvalue weighted by molar-refractivity contribution is 0.215. The Hall–Kier alpha value is -1.97. The monoisotopic (exact) mass is 232 g/mol. The molecule has 1 aromatic rings. The Bertz CT molecular complexity index is 414. The molecule has 90 valence electrons. The number of carbonyl (C=O) groups is 1. The predicted octanol–water partition coefficient (Wildman–Crippen LogP) is 1.77. The summed E-state index contributed by atoms with van der Waals surface area (Å²) in [7, 11) is 1.64. The number of nitrogens with zero attached hydrogens (tertiary/aromatic N) is 1. The molecule has 1 aliphatic rings. The van der Waals surface area contributed by atoms with Gasteiger partial charge in [-0.05, 0) is 17.7 Å². The first-order chi connectivity index (χ1) is 8.22. The molecule has 0 saturated carbocycles. The van der Waals surface area contributed by atoms with Crippen molar-refractivity contribution in [1.82, 2.24) is 10.2 Å². The van der Waals surface area contributed by atoms with Gasteiger partial charge in [0.2, 0.25) is 0 Å². The fraction of sp³-hybridized carbons (Fsp3) is 0.308. The minimum absolute atomic E-state index is 0.0364. The molecule has 1 aliphatic heterocycles. The Balaban J connectivity index is 2.00. The smallest absolute Gasteiger partial charge is 0.318 e. The zero-order valence-corrected chi connectivity index (χ0v) is 9.85. The van der Waals surface area contributed by atoms with Gasteiger partial charge >= 0.3 is 6.03 Å². The van der Waals surface area contributed by atoms with Crippen molar-refractivity contribution in [2.24, 2.45) is 0 Å². The molecule has 1 aromatic carbocycles. The van der Waals surface area contributed by atoms with Crippen LogP contribution >= 0.6 is 0 Å². The van der Waals surface area contributed by atoms with Crippen LogP contribution in [0.3, 0.4) is 0 Å². The van der Waals surface area contributed by atoms with Crippen LogP contribution < -0.4 is 10.1 Å². The molecule has 1 atom stereocenters. The van der Waals surface area contributed by atoms with Crippen molar-refractivity contribution in [1.29, 1.82) is 0 Å². The average molecular weight is 232 g/mol. The van der Waals surface area contributed by atoms with Gasteiger partial charge in [-0.15, -0.1) is 6.58 Å². The number of benzene rings is 1. The van der Waals surface area contributed by atoms with Crippen LogP contribution in [0.15, 0.2) is 36.9 Å². The lowest BCUT2D eigenvalue weighted by Gasteiger charge is -2.14. The first-order valence-corrected chi connectivity index (χ1v) is 5.54. The van der Waals surface area contributed by atoms with Crippen LogP contribution in [0.2, 0.25) is 0 Å². The highest BCUT2D eigenvalue weighted by Gasteiger charge is 2.26. The molecule has 0 bridgehead atoms. The molecule has 1 heterocycles. The molecular weight excluding hydrogens is 216 g/mol. The minimum atomic E-state index is -0.0364. The highest BCUT2D eigenvalue weighted by Crippen LogP contribution is 2.15. The summed E-state index contributed by atoms with van der Waals surface area (Å²) in [5, 5.41) is 2.84. The highest BCUT2D eigenvalue weighted by atomic mass is 16.5. The number of ether oxygens (including phenoxy) is 1. The van der Waals surface area contributed by atoms with Gasteiger partial charge in [-0.1, -0.05) is 18.2 Å². The number of methoxy groups -OCH3 is 1. The van der Waals surface area contributed by atoms with Crippen molar-refractivity contribution >= 4 is 6.03 Å². The largest absolute Gasteiger partial charge is 0.497 e. The second-order valence-corrected chi connectivity index (χ2v) is 4.02. The summed E-state index contributed by atoms with van der Waals surface area (Å²) in [5.41, 5.74) is 1.09. The van der Waals surface area contributed by atoms with Crippen LogP contribution in [-0.4, -0.2) is 30.6 Å². The zero-order valence-electron chi connectivity index (χ0n) is 9.85. The van der Waals surface area contributed by atoms with Gasteiger partial charge in [0.15, 0.2) is 0 Å². The first kappa shape index (κ1) is 11.5. The number of hydrogen-bond donors (Lipinski definition) is 1. The Labute approximate surface area is 101 Å². The van der Waals surface area contributed by atoms with Crippen molar-refractivity contribution in [3.8, 4) is 5.75 Å². The fourth-order valence-electron chi connectivity index (χ4n) is 1.84. The van der Waals surface area contributed by atoms with Crippen LogP contribution in [-0.2, 0) is 6.54 Å². The van der Waals surface area contributed by atoms with Gasteiger partial charge in [0.1, 0.15) is 5.75 Å². The van der Waals surface area contributed by atoms with Gasteiger partial charge in [0.25, 0.3) is 0 Å². The fourth-order valence-corrected chi connectivity index (χ4v) is 1.84. The van der Waals surface area contributed by atoms with E-state index in [-0.39, 0.29) is 12.1 Å². The Kier molecular flexibility index (Phi) is 3.32. The summed E-state index contributed by atoms with van der Waals surface area (Å²) >= 11 is 0. The molecule has 2 amide bonds. The van der Waals surface area contributed by atoms with Crippen molar-refractivity contribution in [3.63, 3.8) is 0 Å². The number of urea groups is 1. The van der Waals surface area contributed by atoms with Gasteiger partial charge in [0, 0.05) is 13.1 Å². The second-order valence-electron chi connectivity index (χ2n) is 4.02. The van der Waals surface area contributed by atoms with Gasteiger partial charge in [-0.3, -0.25) is 0 Å². The maximum Gasteiger partial charge on any atom is 0.318 e. The second kappa shape index (κ2) is 4.91. The molecule has 1 N–H and O–H groups in total. The van der Waals surface area contributed by atoms with Crippen LogP contribution in [0.4, 0.5) is 4.79 Å². The number of rotatable bonds is 4. The maximum absolute atomic E-state index is 11.6. The van der Waals surface area contributed by atoms with Crippen molar-refractivity contribution < 1.29 is 9.53 Å². The molecule has 4 nitrogen and oxygen atoms in total. The van der Waals surface area contributed by atoms with E-state index in [0.717, 1.165) is 11.3 Å². The van der Waals surface area contributed by atoms with Gasteiger partial charge in [-0.2, -0.15) is 0 Å². The molecule has 0 aliphatic carbocycles. The summed E-state index contributed by atoms with van der Waals surface area (Å²) < 4.78 is 5.09. The van der Waals surface area contributed by atoms with Crippen LogP contribution in [0.5, 0.6) is 5.75 Å². The van der Waals surface area contributed by atoms with E-state index < -0.39 is 0 Å². The molecule has 2 rings (SSSR count). The molecule has 4 heteroatoms. The van der Waals surface area contributed by atoms with E-state index in [2.05, 4.69) is 11.9 Å². The molecule has 0 unspecified atom stereocenters. The lowest BCUT2D eigenvalue weighted by atomic mass is 10.2. The third kappa shape index (κ3) is 2.58. The predicted molar refractivity (Wildman–Crippen MR) is 65.9 cm³/mol. The summed E-state index contributed by atoms with van der Waals surface area (Å²) in [6, 6.07) is 7.75. The lowest BCUT2D eigenvalue weighted by Crippen LogP contribution is -2.27. The van der Waals surface area contributed by atoms with E-state index >= 15 is 0 Å². The minimum Gasteiger partial charge on any atom is -0.497 e. The summed E-state index contributed by atoms with van der Waals surface area (Å²) in [4.78, 5) is 13.4. The van der Waals surface area contributed by atoms with Crippen molar-refractivity contribution in [2.45, 2.75) is 12.6 Å². The van der Waals surface area contributed by atoms with E-state index in [0.29, 0.717) is 13.1 Å². The Morgan fingerprint density at radius 2 is 2.24 bits per heavy atom. The van der Waals surface area contributed by atoms with Crippen LogP contribution in [0.25, 0.3) is 0 Å². The molecule has 1 fully saturated rings. The summed E-state index contributed by atoms with van der Waals surface area (Å²) in [6.07, 6.45) is 1.76. The zero-order chi connectivity index (χ0) is 12.3. The number of amides is 2. The van der Waals surface area contributed by atoms with E-state index in [9.17, 15) is 4.79 Å². The quantitative estimate of drug-likeness (QED) is 0.804. The first-order valence-electron chi connectivity index (χ1n) is 5.54. The van der Waals surface area contributed by atoms with Gasteiger partial charge < -0.3 is 15.0 Å². The molecule has 1 saturated heterocycles. The standard InChI is InChI=1S/C13H16N2O2/c1-3-11-9-15(13(16)14-11)8-10-4-6-12(17-2)7-5-10/h3-7,11H,1,8-9H2,2H3,(H,14,16)/t11-/m1/s1. The average Bonchev–Trinajstić information content (AvgIpc) is 2.71. The molecule has 0 aromatic heterocycles. The highest BCUT2D eigenvalue weighted by molar-refractivity contribution is 5.77. The van der Waals surface area contributed by atoms with Crippen LogP contribution in [0, 0.1) is 0 Å². The summed E-state index contributed by atoms with van der Waals surface area (Å²) in [6.45, 7) is 4.97. The SMILES string of the molecule is C=C[C@@H]1CN(Cc2ccc(OC)cc2)C(=O)N1. The Morgan fingerprint density at radius 3 is 2.76 bits per heavy atom. The molecule has 17 heavy (non-hydrogen) atoms.